The first-order valence-corrected chi connectivity index (χ1v) is 3.97. The summed E-state index contributed by atoms with van der Waals surface area (Å²) >= 11 is 1.46. The number of hydrogen-bond donors (Lipinski definition) is 1. The lowest BCUT2D eigenvalue weighted by molar-refractivity contribution is -0.132. The van der Waals surface area contributed by atoms with Gasteiger partial charge in [0.15, 0.2) is 5.70 Å². The monoisotopic (exact) mass is 168 g/mol. The van der Waals surface area contributed by atoms with Crippen molar-refractivity contribution in [1.29, 1.82) is 0 Å². The third-order valence-corrected chi connectivity index (χ3v) is 2.20. The first-order chi connectivity index (χ1) is 5.27. The second kappa shape index (κ2) is 2.20. The van der Waals surface area contributed by atoms with Gasteiger partial charge in [-0.05, 0) is 6.08 Å². The summed E-state index contributed by atoms with van der Waals surface area (Å²) in [5, 5.41) is 9.27. The predicted molar refractivity (Wildman–Crippen MR) is 43.0 cm³/mol. The number of nitrogens with zero attached hydrogens (tertiary/aromatic N) is 2. The van der Waals surface area contributed by atoms with Crippen LogP contribution in [0.1, 0.15) is 0 Å². The number of allylic oxidation sites excluding steroid dienone is 1. The van der Waals surface area contributed by atoms with Crippen molar-refractivity contribution in [3.63, 3.8) is 0 Å². The molecular weight excluding hydrogens is 164 g/mol. The lowest BCUT2D eigenvalue weighted by atomic mass is 10.3. The van der Waals surface area contributed by atoms with E-state index in [0.29, 0.717) is 11.6 Å². The van der Waals surface area contributed by atoms with E-state index in [1.54, 1.807) is 0 Å². The van der Waals surface area contributed by atoms with Gasteiger partial charge in [0, 0.05) is 0 Å². The normalized spacial score (nSPS) is 20.5. The quantitative estimate of drug-likeness (QED) is 0.620. The topological polar surface area (TPSA) is 62.0 Å². The van der Waals surface area contributed by atoms with Crippen molar-refractivity contribution >= 4 is 28.5 Å². The Balaban J connectivity index is 2.38. The van der Waals surface area contributed by atoms with E-state index in [0.717, 1.165) is 5.04 Å². The Labute approximate surface area is 66.7 Å². The molecule has 0 radical (unpaired) electrons. The molecule has 2 rings (SSSR count). The van der Waals surface area contributed by atoms with E-state index in [1.165, 1.54) is 17.8 Å². The molecule has 0 fully saturated rings. The molecule has 4 nitrogen and oxygen atoms in total. The van der Waals surface area contributed by atoms with Crippen LogP contribution in [-0.4, -0.2) is 27.7 Å². The van der Waals surface area contributed by atoms with E-state index in [9.17, 15) is 4.79 Å². The van der Waals surface area contributed by atoms with Gasteiger partial charge < -0.3 is 5.11 Å². The Morgan fingerprint density at radius 1 is 1.73 bits per heavy atom. The number of aliphatic carboxylic acids is 1. The zero-order valence-electron chi connectivity index (χ0n) is 5.44. The summed E-state index contributed by atoms with van der Waals surface area (Å²) in [6.07, 6.45) is 1.50. The van der Waals surface area contributed by atoms with Crippen LogP contribution in [0, 0.1) is 0 Å². The molecular formula is C6H4N2O2S. The van der Waals surface area contributed by atoms with Gasteiger partial charge in [0.05, 0.1) is 11.6 Å². The van der Waals surface area contributed by atoms with Crippen molar-refractivity contribution in [2.24, 2.45) is 9.98 Å². The number of carboxylic acids is 1. The van der Waals surface area contributed by atoms with Gasteiger partial charge in [0.25, 0.3) is 0 Å². The Kier molecular flexibility index (Phi) is 1.32. The van der Waals surface area contributed by atoms with Crippen LogP contribution < -0.4 is 0 Å². The van der Waals surface area contributed by atoms with Crippen LogP contribution in [0.3, 0.4) is 0 Å². The molecule has 5 heteroatoms. The molecule has 0 unspecified atom stereocenters. The molecule has 2 heterocycles. The highest BCUT2D eigenvalue weighted by molar-refractivity contribution is 8.16. The standard InChI is InChI=1S/C6H4N2O2S/c9-6(10)4-1-3-5(8-4)11-2-7-3/h1H,2H2,(H,9,10). The van der Waals surface area contributed by atoms with Crippen LogP contribution in [0.5, 0.6) is 0 Å². The highest BCUT2D eigenvalue weighted by atomic mass is 32.2. The average molecular weight is 168 g/mol. The van der Waals surface area contributed by atoms with Gasteiger partial charge in [-0.15, -0.1) is 0 Å². The summed E-state index contributed by atoms with van der Waals surface area (Å²) in [7, 11) is 0. The fourth-order valence-corrected chi connectivity index (χ4v) is 1.64. The zero-order valence-corrected chi connectivity index (χ0v) is 6.26. The minimum atomic E-state index is -0.991. The fraction of sp³-hybridized carbons (Fsp3) is 0.167. The van der Waals surface area contributed by atoms with Crippen molar-refractivity contribution in [3.8, 4) is 0 Å². The van der Waals surface area contributed by atoms with E-state index in [2.05, 4.69) is 9.98 Å². The maximum absolute atomic E-state index is 10.4. The molecule has 0 saturated heterocycles. The molecule has 0 atom stereocenters. The Hall–Kier alpha value is -1.10. The lowest BCUT2D eigenvalue weighted by Gasteiger charge is -1.86. The van der Waals surface area contributed by atoms with Crippen LogP contribution >= 0.6 is 11.8 Å². The van der Waals surface area contributed by atoms with Crippen LogP contribution in [0.2, 0.25) is 0 Å². The first-order valence-electron chi connectivity index (χ1n) is 2.98. The molecule has 56 valence electrons. The highest BCUT2D eigenvalue weighted by Gasteiger charge is 2.23. The molecule has 0 aromatic carbocycles. The van der Waals surface area contributed by atoms with Crippen molar-refractivity contribution in [2.75, 3.05) is 5.88 Å². The minimum absolute atomic E-state index is 0.0888. The molecule has 11 heavy (non-hydrogen) atoms. The van der Waals surface area contributed by atoms with E-state index >= 15 is 0 Å². The van der Waals surface area contributed by atoms with Gasteiger partial charge in [-0.1, -0.05) is 11.8 Å². The molecule has 0 aliphatic carbocycles. The lowest BCUT2D eigenvalue weighted by Crippen LogP contribution is -1.95. The molecule has 0 aromatic heterocycles. The van der Waals surface area contributed by atoms with Gasteiger partial charge >= 0.3 is 5.97 Å². The van der Waals surface area contributed by atoms with E-state index in [4.69, 9.17) is 5.11 Å². The first kappa shape index (κ1) is 6.60. The average Bonchev–Trinajstić information content (AvgIpc) is 2.40. The largest absolute Gasteiger partial charge is 0.477 e. The number of thioether (sulfide) groups is 1. The summed E-state index contributed by atoms with van der Waals surface area (Å²) in [6, 6.07) is 0. The zero-order chi connectivity index (χ0) is 7.84. The van der Waals surface area contributed by atoms with Crippen LogP contribution in [0.25, 0.3) is 0 Å². The summed E-state index contributed by atoms with van der Waals surface area (Å²) in [5.41, 5.74) is 0.804. The third kappa shape index (κ3) is 0.970. The summed E-state index contributed by atoms with van der Waals surface area (Å²) in [4.78, 5) is 18.3. The van der Waals surface area contributed by atoms with Crippen LogP contribution in [0.4, 0.5) is 0 Å². The SMILES string of the molecule is O=C(O)C1=CC2=NCSC2=N1. The Morgan fingerprint density at radius 3 is 3.18 bits per heavy atom. The minimum Gasteiger partial charge on any atom is -0.477 e. The molecule has 1 N–H and O–H groups in total. The molecule has 0 saturated carbocycles. The van der Waals surface area contributed by atoms with E-state index in [1.807, 2.05) is 0 Å². The second-order valence-corrected chi connectivity index (χ2v) is 3.00. The number of carbonyl (C=O) groups is 1. The molecule has 0 amide bonds. The summed E-state index contributed by atoms with van der Waals surface area (Å²) in [5.74, 6) is -0.326. The van der Waals surface area contributed by atoms with Crippen molar-refractivity contribution in [1.82, 2.24) is 0 Å². The predicted octanol–water partition coefficient (Wildman–Crippen LogP) is 0.512. The molecule has 0 aromatic rings. The Bertz CT molecular complexity index is 314. The number of fused-ring (bicyclic) bond motifs is 1. The summed E-state index contributed by atoms with van der Waals surface area (Å²) in [6.45, 7) is 0. The number of rotatable bonds is 1. The maximum atomic E-state index is 10.4. The Morgan fingerprint density at radius 2 is 2.55 bits per heavy atom. The maximum Gasteiger partial charge on any atom is 0.354 e. The van der Waals surface area contributed by atoms with Crippen molar-refractivity contribution in [2.45, 2.75) is 0 Å². The molecule has 2 aliphatic rings. The van der Waals surface area contributed by atoms with Gasteiger partial charge in [-0.2, -0.15) is 0 Å². The molecule has 0 bridgehead atoms. The number of carboxylic acid groups (broad SMARTS) is 1. The van der Waals surface area contributed by atoms with Gasteiger partial charge in [-0.25, -0.2) is 9.79 Å². The molecule has 2 aliphatic heterocycles. The van der Waals surface area contributed by atoms with Gasteiger partial charge in [0.1, 0.15) is 5.04 Å². The van der Waals surface area contributed by atoms with E-state index < -0.39 is 5.97 Å². The summed E-state index contributed by atoms with van der Waals surface area (Å²) < 4.78 is 0. The number of aliphatic imine (C=N–C) groups is 2. The van der Waals surface area contributed by atoms with Crippen molar-refractivity contribution < 1.29 is 9.90 Å². The smallest absolute Gasteiger partial charge is 0.354 e. The van der Waals surface area contributed by atoms with E-state index in [-0.39, 0.29) is 5.70 Å². The third-order valence-electron chi connectivity index (χ3n) is 1.37. The fourth-order valence-electron chi connectivity index (χ4n) is 0.882. The van der Waals surface area contributed by atoms with Crippen LogP contribution in [-0.2, 0) is 4.79 Å². The number of hydrogen-bond acceptors (Lipinski definition) is 4. The van der Waals surface area contributed by atoms with Gasteiger partial charge in [0.2, 0.25) is 0 Å². The van der Waals surface area contributed by atoms with Gasteiger partial charge in [-0.3, -0.25) is 4.99 Å². The van der Waals surface area contributed by atoms with Crippen molar-refractivity contribution in [3.05, 3.63) is 11.8 Å². The second-order valence-electron chi connectivity index (χ2n) is 2.07. The van der Waals surface area contributed by atoms with Crippen LogP contribution in [0.15, 0.2) is 21.8 Å². The highest BCUT2D eigenvalue weighted by Crippen LogP contribution is 2.22. The molecule has 0 spiro atoms.